The third-order valence-corrected chi connectivity index (χ3v) is 8.48. The third-order valence-electron chi connectivity index (χ3n) is 6.51. The van der Waals surface area contributed by atoms with Crippen LogP contribution in [-0.4, -0.2) is 85.4 Å². The number of rotatable bonds is 6. The van der Waals surface area contributed by atoms with Gasteiger partial charge in [0.15, 0.2) is 0 Å². The number of hydrogen-bond acceptors (Lipinski definition) is 5. The van der Waals surface area contributed by atoms with Gasteiger partial charge in [-0.25, -0.2) is 0 Å². The van der Waals surface area contributed by atoms with E-state index in [0.29, 0.717) is 39.3 Å². The van der Waals surface area contributed by atoms with Gasteiger partial charge in [0, 0.05) is 50.5 Å². The fraction of sp³-hybridized carbons (Fsp3) is 0.480. The van der Waals surface area contributed by atoms with Gasteiger partial charge in [-0.3, -0.25) is 9.69 Å². The van der Waals surface area contributed by atoms with E-state index in [1.165, 1.54) is 8.61 Å². The number of nitrogens with zero attached hydrogens (tertiary/aromatic N) is 3. The Hall–Kier alpha value is -2.30. The molecule has 0 aliphatic carbocycles. The number of para-hydroxylation sites is 1. The van der Waals surface area contributed by atoms with E-state index in [4.69, 9.17) is 4.74 Å². The Morgan fingerprint density at radius 1 is 0.912 bits per heavy atom. The van der Waals surface area contributed by atoms with Crippen LogP contribution in [0.25, 0.3) is 11.1 Å². The molecule has 2 aromatic rings. The first kappa shape index (κ1) is 24.8. The van der Waals surface area contributed by atoms with Crippen molar-refractivity contribution < 1.29 is 17.9 Å². The molecule has 2 aliphatic rings. The average Bonchev–Trinajstić information content (AvgIpc) is 2.84. The number of hydrogen-bond donors (Lipinski definition) is 1. The molecule has 2 aliphatic heterocycles. The minimum atomic E-state index is -3.55. The Labute approximate surface area is 202 Å². The van der Waals surface area contributed by atoms with Crippen LogP contribution in [0, 0.1) is 0 Å². The molecule has 1 N–H and O–H groups in total. The van der Waals surface area contributed by atoms with Gasteiger partial charge in [0.05, 0.1) is 18.2 Å². The van der Waals surface area contributed by atoms with E-state index in [0.717, 1.165) is 16.8 Å². The maximum atomic E-state index is 13.2. The summed E-state index contributed by atoms with van der Waals surface area (Å²) in [6.07, 6.45) is -0.246. The molecule has 3 atom stereocenters. The second-order valence-corrected chi connectivity index (χ2v) is 11.0. The van der Waals surface area contributed by atoms with Crippen molar-refractivity contribution in [3.05, 3.63) is 54.6 Å². The van der Waals surface area contributed by atoms with E-state index in [2.05, 4.69) is 5.32 Å². The van der Waals surface area contributed by atoms with Crippen LogP contribution >= 0.6 is 0 Å². The summed E-state index contributed by atoms with van der Waals surface area (Å²) in [4.78, 5) is 15.1. The summed E-state index contributed by atoms with van der Waals surface area (Å²) in [5, 5.41) is 3.07. The number of ether oxygens (including phenoxy) is 1. The van der Waals surface area contributed by atoms with Crippen molar-refractivity contribution in [1.29, 1.82) is 0 Å². The maximum Gasteiger partial charge on any atom is 0.282 e. The maximum absolute atomic E-state index is 13.2. The molecule has 184 valence electrons. The normalized spacial score (nSPS) is 24.0. The molecule has 2 heterocycles. The molecule has 34 heavy (non-hydrogen) atoms. The van der Waals surface area contributed by atoms with E-state index in [1.54, 1.807) is 0 Å². The molecule has 0 spiro atoms. The van der Waals surface area contributed by atoms with Crippen molar-refractivity contribution in [2.75, 3.05) is 44.6 Å². The van der Waals surface area contributed by atoms with Gasteiger partial charge in [-0.05, 0) is 32.4 Å². The molecular formula is C25H34N4O4S. The highest BCUT2D eigenvalue weighted by Crippen LogP contribution is 2.28. The first-order valence-electron chi connectivity index (χ1n) is 11.9. The van der Waals surface area contributed by atoms with Crippen molar-refractivity contribution >= 4 is 21.8 Å². The van der Waals surface area contributed by atoms with Gasteiger partial charge in [-0.2, -0.15) is 17.0 Å². The quantitative estimate of drug-likeness (QED) is 0.679. The SMILES string of the molecule is CC1CN(S(=O)(=O)N2CCN(C(C)C(=O)Nc3ccccc3-c3ccccc3)CC2)CC(C)O1. The second-order valence-electron chi connectivity index (χ2n) is 9.09. The van der Waals surface area contributed by atoms with E-state index in [9.17, 15) is 13.2 Å². The lowest BCUT2D eigenvalue weighted by Crippen LogP contribution is -2.58. The van der Waals surface area contributed by atoms with Crippen molar-refractivity contribution in [1.82, 2.24) is 13.5 Å². The summed E-state index contributed by atoms with van der Waals surface area (Å²) in [6, 6.07) is 17.3. The molecule has 2 aromatic carbocycles. The van der Waals surface area contributed by atoms with Gasteiger partial charge in [0.25, 0.3) is 10.2 Å². The molecule has 8 nitrogen and oxygen atoms in total. The summed E-state index contributed by atoms with van der Waals surface area (Å²) in [6.45, 7) is 8.13. The van der Waals surface area contributed by atoms with Crippen LogP contribution in [0.3, 0.4) is 0 Å². The van der Waals surface area contributed by atoms with E-state index < -0.39 is 10.2 Å². The molecule has 0 saturated carbocycles. The fourth-order valence-corrected chi connectivity index (χ4v) is 6.42. The molecule has 9 heteroatoms. The van der Waals surface area contributed by atoms with Gasteiger partial charge in [0.1, 0.15) is 0 Å². The Morgan fingerprint density at radius 2 is 1.50 bits per heavy atom. The Morgan fingerprint density at radius 3 is 2.15 bits per heavy atom. The molecule has 0 bridgehead atoms. The molecular weight excluding hydrogens is 452 g/mol. The first-order valence-corrected chi connectivity index (χ1v) is 13.3. The van der Waals surface area contributed by atoms with Crippen molar-refractivity contribution in [3.63, 3.8) is 0 Å². The van der Waals surface area contributed by atoms with Gasteiger partial charge < -0.3 is 10.1 Å². The van der Waals surface area contributed by atoms with Gasteiger partial charge in [0.2, 0.25) is 5.91 Å². The minimum Gasteiger partial charge on any atom is -0.373 e. The highest BCUT2D eigenvalue weighted by atomic mass is 32.2. The van der Waals surface area contributed by atoms with Gasteiger partial charge in [-0.1, -0.05) is 48.5 Å². The smallest absolute Gasteiger partial charge is 0.282 e. The van der Waals surface area contributed by atoms with Crippen LogP contribution in [0.2, 0.25) is 0 Å². The number of nitrogens with one attached hydrogen (secondary N) is 1. The summed E-state index contributed by atoms with van der Waals surface area (Å²) in [5.74, 6) is -0.101. The molecule has 2 fully saturated rings. The van der Waals surface area contributed by atoms with Crippen molar-refractivity contribution in [2.24, 2.45) is 0 Å². The number of amides is 1. The largest absolute Gasteiger partial charge is 0.373 e. The van der Waals surface area contributed by atoms with Crippen LogP contribution < -0.4 is 5.32 Å². The standard InChI is InChI=1S/C25H34N4O4S/c1-19-17-29(18-20(2)33-19)34(31,32)28-15-13-27(14-16-28)21(3)25(30)26-24-12-8-7-11-23(24)22-9-5-4-6-10-22/h4-12,19-21H,13-18H2,1-3H3,(H,26,30). The Balaban J connectivity index is 1.37. The predicted octanol–water partition coefficient (Wildman–Crippen LogP) is 2.65. The number of anilines is 1. The lowest BCUT2D eigenvalue weighted by molar-refractivity contribution is -0.121. The molecule has 0 aromatic heterocycles. The molecule has 0 radical (unpaired) electrons. The number of benzene rings is 2. The average molecular weight is 487 g/mol. The number of carbonyl (C=O) groups excluding carboxylic acids is 1. The van der Waals surface area contributed by atoms with Crippen LogP contribution in [0.5, 0.6) is 0 Å². The number of morpholine rings is 1. The number of carbonyl (C=O) groups is 1. The van der Waals surface area contributed by atoms with E-state index in [1.807, 2.05) is 80.3 Å². The summed E-state index contributed by atoms with van der Waals surface area (Å²) in [5.41, 5.74) is 2.77. The monoisotopic (exact) mass is 486 g/mol. The highest BCUT2D eigenvalue weighted by molar-refractivity contribution is 7.86. The Bertz CT molecular complexity index is 1080. The van der Waals surface area contributed by atoms with Gasteiger partial charge >= 0.3 is 0 Å². The highest BCUT2D eigenvalue weighted by Gasteiger charge is 2.37. The fourth-order valence-electron chi connectivity index (χ4n) is 4.67. The lowest BCUT2D eigenvalue weighted by atomic mass is 10.0. The van der Waals surface area contributed by atoms with Crippen LogP contribution in [0.1, 0.15) is 20.8 Å². The zero-order valence-electron chi connectivity index (χ0n) is 20.1. The molecule has 1 amide bonds. The van der Waals surface area contributed by atoms with Crippen LogP contribution in [-0.2, 0) is 19.7 Å². The lowest BCUT2D eigenvalue weighted by Gasteiger charge is -2.41. The van der Waals surface area contributed by atoms with Gasteiger partial charge in [-0.15, -0.1) is 0 Å². The first-order chi connectivity index (χ1) is 16.3. The minimum absolute atomic E-state index is 0.101. The number of piperazine rings is 1. The van der Waals surface area contributed by atoms with E-state index in [-0.39, 0.29) is 24.2 Å². The third kappa shape index (κ3) is 5.50. The summed E-state index contributed by atoms with van der Waals surface area (Å²) in [7, 11) is -3.55. The molecule has 3 unspecified atom stereocenters. The van der Waals surface area contributed by atoms with Crippen LogP contribution in [0.15, 0.2) is 54.6 Å². The Kier molecular flexibility index (Phi) is 7.69. The summed E-state index contributed by atoms with van der Waals surface area (Å²) >= 11 is 0. The second kappa shape index (κ2) is 10.5. The summed E-state index contributed by atoms with van der Waals surface area (Å²) < 4.78 is 35.0. The van der Waals surface area contributed by atoms with Crippen molar-refractivity contribution in [3.8, 4) is 11.1 Å². The van der Waals surface area contributed by atoms with Crippen LogP contribution in [0.4, 0.5) is 5.69 Å². The van der Waals surface area contributed by atoms with E-state index >= 15 is 0 Å². The van der Waals surface area contributed by atoms with Crippen molar-refractivity contribution in [2.45, 2.75) is 39.0 Å². The topological polar surface area (TPSA) is 82.2 Å². The zero-order chi connectivity index (χ0) is 24.3. The molecule has 4 rings (SSSR count). The zero-order valence-corrected chi connectivity index (χ0v) is 20.9. The molecule has 2 saturated heterocycles. The predicted molar refractivity (Wildman–Crippen MR) is 134 cm³/mol.